The lowest BCUT2D eigenvalue weighted by Crippen LogP contribution is -1.86. The van der Waals surface area contributed by atoms with E-state index in [-0.39, 0.29) is 5.82 Å². The highest BCUT2D eigenvalue weighted by Gasteiger charge is 1.96. The van der Waals surface area contributed by atoms with E-state index in [4.69, 9.17) is 0 Å². The van der Waals surface area contributed by atoms with E-state index in [9.17, 15) is 4.39 Å². The van der Waals surface area contributed by atoms with Crippen LogP contribution < -0.4 is 0 Å². The number of halogens is 1. The first-order chi connectivity index (χ1) is 5.84. The van der Waals surface area contributed by atoms with Crippen LogP contribution in [0.2, 0.25) is 0 Å². The van der Waals surface area contributed by atoms with Crippen LogP contribution in [-0.4, -0.2) is 0 Å². The van der Waals surface area contributed by atoms with E-state index in [2.05, 4.69) is 0 Å². The predicted octanol–water partition coefficient (Wildman–Crippen LogP) is 3.80. The van der Waals surface area contributed by atoms with Crippen LogP contribution in [-0.2, 0) is 6.42 Å². The van der Waals surface area contributed by atoms with Gasteiger partial charge in [0.2, 0.25) is 0 Å². The van der Waals surface area contributed by atoms with Crippen LogP contribution in [0.25, 0.3) is 0 Å². The monoisotopic (exact) mass is 168 g/mol. The minimum absolute atomic E-state index is 0.0793. The molecule has 68 valence electrons. The number of aryl methyl sites for hydroxylation is 1. The number of rotatable bonds is 2. The maximum Gasteiger partial charge on any atom is 0.126 e. The summed E-state index contributed by atoms with van der Waals surface area (Å²) in [5.41, 5.74) is 0.824. The maximum atomic E-state index is 12.8. The van der Waals surface area contributed by atoms with Crippen LogP contribution in [0.5, 0.6) is 0 Å². The highest BCUT2D eigenvalue weighted by atomic mass is 19.1. The standard InChI is InChI=1S/C9H11F.C2H6/c1-2-5-8-6-3-4-7-9(8)10;1-2/h3-4,6-7H,2,5H2,1H3;1-2H3. The Balaban J connectivity index is 0.000000561. The van der Waals surface area contributed by atoms with E-state index in [1.165, 1.54) is 6.07 Å². The van der Waals surface area contributed by atoms with Gasteiger partial charge in [-0.05, 0) is 18.1 Å². The fraction of sp³-hybridized carbons (Fsp3) is 0.455. The summed E-state index contributed by atoms with van der Waals surface area (Å²) in [6, 6.07) is 6.92. The second-order valence-electron chi connectivity index (χ2n) is 2.34. The van der Waals surface area contributed by atoms with Gasteiger partial charge in [-0.1, -0.05) is 45.4 Å². The molecule has 0 aromatic heterocycles. The van der Waals surface area contributed by atoms with Crippen LogP contribution in [0.15, 0.2) is 24.3 Å². The summed E-state index contributed by atoms with van der Waals surface area (Å²) >= 11 is 0. The SMILES string of the molecule is CC.CCCc1ccccc1F. The van der Waals surface area contributed by atoms with Crippen molar-refractivity contribution in [3.8, 4) is 0 Å². The van der Waals surface area contributed by atoms with Gasteiger partial charge < -0.3 is 0 Å². The first-order valence-corrected chi connectivity index (χ1v) is 4.58. The summed E-state index contributed by atoms with van der Waals surface area (Å²) in [5, 5.41) is 0. The van der Waals surface area contributed by atoms with Gasteiger partial charge in [0, 0.05) is 0 Å². The van der Waals surface area contributed by atoms with Gasteiger partial charge in [0.05, 0.1) is 0 Å². The second-order valence-corrected chi connectivity index (χ2v) is 2.34. The van der Waals surface area contributed by atoms with Gasteiger partial charge in [-0.2, -0.15) is 0 Å². The van der Waals surface area contributed by atoms with E-state index in [0.717, 1.165) is 18.4 Å². The number of hydrogen-bond acceptors (Lipinski definition) is 0. The third-order valence-corrected chi connectivity index (χ3v) is 1.48. The van der Waals surface area contributed by atoms with E-state index in [1.54, 1.807) is 6.07 Å². The normalized spacial score (nSPS) is 8.67. The van der Waals surface area contributed by atoms with E-state index in [1.807, 2.05) is 32.9 Å². The summed E-state index contributed by atoms with van der Waals surface area (Å²) in [6.07, 6.45) is 1.84. The first-order valence-electron chi connectivity index (χ1n) is 4.58. The van der Waals surface area contributed by atoms with Crippen molar-refractivity contribution in [3.63, 3.8) is 0 Å². The molecule has 0 unspecified atom stereocenters. The van der Waals surface area contributed by atoms with Crippen molar-refractivity contribution in [3.05, 3.63) is 35.6 Å². The Morgan fingerprint density at radius 1 is 1.17 bits per heavy atom. The molecule has 0 nitrogen and oxygen atoms in total. The summed E-state index contributed by atoms with van der Waals surface area (Å²) in [7, 11) is 0. The Morgan fingerprint density at radius 3 is 2.25 bits per heavy atom. The molecule has 0 amide bonds. The Kier molecular flexibility index (Phi) is 6.35. The molecule has 0 radical (unpaired) electrons. The molecule has 0 bridgehead atoms. The first kappa shape index (κ1) is 11.2. The third kappa shape index (κ3) is 3.51. The lowest BCUT2D eigenvalue weighted by atomic mass is 10.1. The van der Waals surface area contributed by atoms with Crippen LogP contribution >= 0.6 is 0 Å². The summed E-state index contributed by atoms with van der Waals surface area (Å²) in [5.74, 6) is -0.0793. The molecular weight excluding hydrogens is 151 g/mol. The Morgan fingerprint density at radius 2 is 1.75 bits per heavy atom. The Labute approximate surface area is 74.4 Å². The number of hydrogen-bond donors (Lipinski definition) is 0. The molecule has 1 aromatic rings. The van der Waals surface area contributed by atoms with Crippen LogP contribution in [0.4, 0.5) is 4.39 Å². The minimum Gasteiger partial charge on any atom is -0.207 e. The van der Waals surface area contributed by atoms with Gasteiger partial charge in [-0.25, -0.2) is 4.39 Å². The fourth-order valence-corrected chi connectivity index (χ4v) is 0.970. The molecule has 1 rings (SSSR count). The molecule has 0 heterocycles. The molecular formula is C11H17F. The second kappa shape index (κ2) is 6.84. The number of benzene rings is 1. The van der Waals surface area contributed by atoms with Gasteiger partial charge in [-0.15, -0.1) is 0 Å². The summed E-state index contributed by atoms with van der Waals surface area (Å²) in [4.78, 5) is 0. The molecule has 12 heavy (non-hydrogen) atoms. The smallest absolute Gasteiger partial charge is 0.126 e. The average molecular weight is 168 g/mol. The molecule has 0 saturated carbocycles. The largest absolute Gasteiger partial charge is 0.207 e. The Hall–Kier alpha value is -0.850. The topological polar surface area (TPSA) is 0 Å². The van der Waals surface area contributed by atoms with Gasteiger partial charge in [0.1, 0.15) is 5.82 Å². The van der Waals surface area contributed by atoms with Gasteiger partial charge in [0.25, 0.3) is 0 Å². The van der Waals surface area contributed by atoms with Crippen molar-refractivity contribution in [2.45, 2.75) is 33.6 Å². The van der Waals surface area contributed by atoms with Crippen molar-refractivity contribution in [2.75, 3.05) is 0 Å². The lowest BCUT2D eigenvalue weighted by molar-refractivity contribution is 0.607. The maximum absolute atomic E-state index is 12.8. The summed E-state index contributed by atoms with van der Waals surface area (Å²) < 4.78 is 12.8. The van der Waals surface area contributed by atoms with Crippen molar-refractivity contribution in [2.24, 2.45) is 0 Å². The average Bonchev–Trinajstić information content (AvgIpc) is 2.13. The van der Waals surface area contributed by atoms with Gasteiger partial charge in [0.15, 0.2) is 0 Å². The van der Waals surface area contributed by atoms with Crippen LogP contribution in [0, 0.1) is 5.82 Å². The Bertz CT molecular complexity index is 206. The lowest BCUT2D eigenvalue weighted by Gasteiger charge is -1.97. The van der Waals surface area contributed by atoms with Crippen molar-refractivity contribution in [1.29, 1.82) is 0 Å². The fourth-order valence-electron chi connectivity index (χ4n) is 0.970. The van der Waals surface area contributed by atoms with E-state index < -0.39 is 0 Å². The van der Waals surface area contributed by atoms with Gasteiger partial charge >= 0.3 is 0 Å². The molecule has 0 fully saturated rings. The van der Waals surface area contributed by atoms with Crippen molar-refractivity contribution in [1.82, 2.24) is 0 Å². The zero-order valence-electron chi connectivity index (χ0n) is 8.10. The molecule has 0 saturated heterocycles. The molecule has 0 aliphatic rings. The highest BCUT2D eigenvalue weighted by Crippen LogP contribution is 2.07. The van der Waals surface area contributed by atoms with Crippen LogP contribution in [0.3, 0.4) is 0 Å². The van der Waals surface area contributed by atoms with Gasteiger partial charge in [-0.3, -0.25) is 0 Å². The molecule has 0 spiro atoms. The minimum atomic E-state index is -0.0793. The molecule has 0 aliphatic carbocycles. The van der Waals surface area contributed by atoms with Crippen LogP contribution in [0.1, 0.15) is 32.8 Å². The zero-order valence-corrected chi connectivity index (χ0v) is 8.10. The third-order valence-electron chi connectivity index (χ3n) is 1.48. The van der Waals surface area contributed by atoms with Crippen molar-refractivity contribution >= 4 is 0 Å². The van der Waals surface area contributed by atoms with Crippen molar-refractivity contribution < 1.29 is 4.39 Å². The molecule has 0 atom stereocenters. The van der Waals surface area contributed by atoms with E-state index in [0.29, 0.717) is 0 Å². The molecule has 1 heteroatoms. The predicted molar refractivity (Wildman–Crippen MR) is 51.7 cm³/mol. The zero-order chi connectivity index (χ0) is 9.40. The highest BCUT2D eigenvalue weighted by molar-refractivity contribution is 5.16. The molecule has 1 aromatic carbocycles. The van der Waals surface area contributed by atoms with E-state index >= 15 is 0 Å². The summed E-state index contributed by atoms with van der Waals surface area (Å²) in [6.45, 7) is 6.05. The molecule has 0 N–H and O–H groups in total. The quantitative estimate of drug-likeness (QED) is 0.630. The molecule has 0 aliphatic heterocycles.